The van der Waals surface area contributed by atoms with Crippen molar-refractivity contribution in [3.63, 3.8) is 0 Å². The minimum Gasteiger partial charge on any atom is -0.266 e. The van der Waals surface area contributed by atoms with Gasteiger partial charge >= 0.3 is 0 Å². The molecule has 0 aliphatic rings. The second-order valence-electron chi connectivity index (χ2n) is 3.74. The molecule has 1 aromatic carbocycles. The molecular formula is C11H15O3S. The van der Waals surface area contributed by atoms with E-state index in [0.29, 0.717) is 0 Å². The first kappa shape index (κ1) is 12.2. The predicted molar refractivity (Wildman–Crippen MR) is 58.9 cm³/mol. The van der Waals surface area contributed by atoms with Crippen molar-refractivity contribution >= 4 is 10.1 Å². The molecule has 0 atom stereocenters. The van der Waals surface area contributed by atoms with E-state index in [-0.39, 0.29) is 11.5 Å². The standard InChI is InChI=1S/C11H15O3S/c1-9(2)8-14-15(12,13)11-6-4-10(3)5-7-11/h4-7H,8H2,1-3H3. The molecule has 0 N–H and O–H groups in total. The van der Waals surface area contributed by atoms with Gasteiger partial charge in [0.15, 0.2) is 0 Å². The lowest BCUT2D eigenvalue weighted by Crippen LogP contribution is -2.10. The van der Waals surface area contributed by atoms with Crippen LogP contribution in [0, 0.1) is 12.8 Å². The highest BCUT2D eigenvalue weighted by molar-refractivity contribution is 7.86. The molecule has 0 unspecified atom stereocenters. The molecule has 0 saturated heterocycles. The lowest BCUT2D eigenvalue weighted by molar-refractivity contribution is 0.331. The second-order valence-corrected chi connectivity index (χ2v) is 5.35. The zero-order valence-electron chi connectivity index (χ0n) is 9.15. The lowest BCUT2D eigenvalue weighted by Gasteiger charge is -2.07. The number of aryl methyl sites for hydroxylation is 1. The summed E-state index contributed by atoms with van der Waals surface area (Å²) in [6.45, 7) is 5.69. The molecule has 0 heterocycles. The quantitative estimate of drug-likeness (QED) is 0.741. The van der Waals surface area contributed by atoms with Gasteiger partial charge in [0.25, 0.3) is 10.1 Å². The van der Waals surface area contributed by atoms with Gasteiger partial charge in [-0.15, -0.1) is 0 Å². The molecular weight excluding hydrogens is 212 g/mol. The highest BCUT2D eigenvalue weighted by Crippen LogP contribution is 2.14. The largest absolute Gasteiger partial charge is 0.296 e. The normalized spacial score (nSPS) is 12.0. The Morgan fingerprint density at radius 2 is 1.73 bits per heavy atom. The molecule has 0 bridgehead atoms. The Kier molecular flexibility index (Phi) is 3.88. The molecule has 0 saturated carbocycles. The van der Waals surface area contributed by atoms with Crippen LogP contribution >= 0.6 is 0 Å². The highest BCUT2D eigenvalue weighted by Gasteiger charge is 2.15. The molecule has 0 amide bonds. The number of hydrogen-bond donors (Lipinski definition) is 0. The first-order chi connectivity index (χ1) is 6.92. The molecule has 1 rings (SSSR count). The molecule has 4 heteroatoms. The fraction of sp³-hybridized carbons (Fsp3) is 0.364. The summed E-state index contributed by atoms with van der Waals surface area (Å²) in [6, 6.07) is 6.60. The van der Waals surface area contributed by atoms with Crippen LogP contribution in [0.1, 0.15) is 19.4 Å². The monoisotopic (exact) mass is 227 g/mol. The molecule has 0 aliphatic heterocycles. The van der Waals surface area contributed by atoms with Crippen LogP contribution in [0.2, 0.25) is 0 Å². The summed E-state index contributed by atoms with van der Waals surface area (Å²) in [6.07, 6.45) is 0. The van der Waals surface area contributed by atoms with Crippen LogP contribution in [0.3, 0.4) is 0 Å². The summed E-state index contributed by atoms with van der Waals surface area (Å²) in [7, 11) is -3.59. The first-order valence-electron chi connectivity index (χ1n) is 4.67. The van der Waals surface area contributed by atoms with Crippen molar-refractivity contribution < 1.29 is 12.6 Å². The van der Waals surface area contributed by atoms with E-state index in [9.17, 15) is 8.42 Å². The minimum atomic E-state index is -3.59. The maximum absolute atomic E-state index is 11.6. The molecule has 3 nitrogen and oxygen atoms in total. The van der Waals surface area contributed by atoms with E-state index in [1.54, 1.807) is 24.3 Å². The Morgan fingerprint density at radius 3 is 2.20 bits per heavy atom. The highest BCUT2D eigenvalue weighted by atomic mass is 32.2. The minimum absolute atomic E-state index is 0.135. The van der Waals surface area contributed by atoms with Crippen molar-refractivity contribution in [2.45, 2.75) is 25.7 Å². The molecule has 1 aromatic rings. The van der Waals surface area contributed by atoms with Crippen LogP contribution in [-0.4, -0.2) is 15.0 Å². The Balaban J connectivity index is 2.82. The van der Waals surface area contributed by atoms with Crippen molar-refractivity contribution in [3.05, 3.63) is 35.7 Å². The van der Waals surface area contributed by atoms with Gasteiger partial charge in [0.1, 0.15) is 0 Å². The third kappa shape index (κ3) is 3.64. The van der Waals surface area contributed by atoms with Crippen molar-refractivity contribution in [1.29, 1.82) is 0 Å². The molecule has 1 radical (unpaired) electrons. The maximum atomic E-state index is 11.6. The zero-order valence-corrected chi connectivity index (χ0v) is 9.97. The zero-order chi connectivity index (χ0) is 11.5. The van der Waals surface area contributed by atoms with E-state index in [4.69, 9.17) is 4.18 Å². The third-order valence-electron chi connectivity index (χ3n) is 1.81. The summed E-state index contributed by atoms with van der Waals surface area (Å²) in [5, 5.41) is 0. The average molecular weight is 227 g/mol. The van der Waals surface area contributed by atoms with Crippen LogP contribution in [0.15, 0.2) is 29.2 Å². The second kappa shape index (κ2) is 4.77. The van der Waals surface area contributed by atoms with Crippen LogP contribution in [-0.2, 0) is 14.3 Å². The third-order valence-corrected chi connectivity index (χ3v) is 3.09. The summed E-state index contributed by atoms with van der Waals surface area (Å²) >= 11 is 0. The Bertz CT molecular complexity index is 404. The summed E-state index contributed by atoms with van der Waals surface area (Å²) in [5.41, 5.74) is 1.02. The van der Waals surface area contributed by atoms with Gasteiger partial charge in [-0.2, -0.15) is 8.42 Å². The number of rotatable bonds is 4. The summed E-state index contributed by atoms with van der Waals surface area (Å²) in [4.78, 5) is 0.203. The Morgan fingerprint density at radius 1 is 1.20 bits per heavy atom. The summed E-state index contributed by atoms with van der Waals surface area (Å²) in [5.74, 6) is 0.922. The van der Waals surface area contributed by atoms with E-state index < -0.39 is 10.1 Å². The van der Waals surface area contributed by atoms with E-state index >= 15 is 0 Å². The van der Waals surface area contributed by atoms with Crippen molar-refractivity contribution in [2.24, 2.45) is 0 Å². The Labute approximate surface area is 91.2 Å². The van der Waals surface area contributed by atoms with Gasteiger partial charge < -0.3 is 0 Å². The fourth-order valence-corrected chi connectivity index (χ4v) is 1.96. The molecule has 0 aromatic heterocycles. The van der Waals surface area contributed by atoms with Crippen LogP contribution in [0.5, 0.6) is 0 Å². The Hall–Kier alpha value is -0.870. The molecule has 0 aliphatic carbocycles. The van der Waals surface area contributed by atoms with E-state index in [1.165, 1.54) is 0 Å². The predicted octanol–water partition coefficient (Wildman–Crippen LogP) is 2.31. The van der Waals surface area contributed by atoms with Crippen molar-refractivity contribution in [3.8, 4) is 0 Å². The molecule has 15 heavy (non-hydrogen) atoms. The van der Waals surface area contributed by atoms with Gasteiger partial charge in [-0.1, -0.05) is 31.5 Å². The topological polar surface area (TPSA) is 43.4 Å². The number of hydrogen-bond acceptors (Lipinski definition) is 3. The molecule has 0 fully saturated rings. The van der Waals surface area contributed by atoms with Gasteiger partial charge in [0.05, 0.1) is 11.5 Å². The van der Waals surface area contributed by atoms with Gasteiger partial charge in [0, 0.05) is 0 Å². The van der Waals surface area contributed by atoms with Crippen LogP contribution < -0.4 is 0 Å². The fourth-order valence-electron chi connectivity index (χ4n) is 0.968. The SMILES string of the molecule is C[C](C)COS(=O)(=O)c1ccc(C)cc1. The molecule has 0 spiro atoms. The van der Waals surface area contributed by atoms with Gasteiger partial charge in [-0.25, -0.2) is 0 Å². The van der Waals surface area contributed by atoms with Crippen molar-refractivity contribution in [2.75, 3.05) is 6.61 Å². The lowest BCUT2D eigenvalue weighted by atomic mass is 10.2. The smallest absolute Gasteiger partial charge is 0.266 e. The number of benzene rings is 1. The van der Waals surface area contributed by atoms with Gasteiger partial charge in [-0.3, -0.25) is 4.18 Å². The maximum Gasteiger partial charge on any atom is 0.296 e. The van der Waals surface area contributed by atoms with E-state index in [1.807, 2.05) is 20.8 Å². The van der Waals surface area contributed by atoms with E-state index in [2.05, 4.69) is 0 Å². The van der Waals surface area contributed by atoms with Gasteiger partial charge in [0.2, 0.25) is 0 Å². The molecule has 83 valence electrons. The van der Waals surface area contributed by atoms with Crippen LogP contribution in [0.4, 0.5) is 0 Å². The average Bonchev–Trinajstić information content (AvgIpc) is 2.16. The first-order valence-corrected chi connectivity index (χ1v) is 6.08. The van der Waals surface area contributed by atoms with Crippen molar-refractivity contribution in [1.82, 2.24) is 0 Å². The summed E-state index contributed by atoms with van der Waals surface area (Å²) < 4.78 is 28.1. The van der Waals surface area contributed by atoms with Crippen LogP contribution in [0.25, 0.3) is 0 Å². The van der Waals surface area contributed by atoms with Gasteiger partial charge in [-0.05, 0) is 25.0 Å². The van der Waals surface area contributed by atoms with E-state index in [0.717, 1.165) is 11.5 Å².